The molecule has 24 heavy (non-hydrogen) atoms. The predicted octanol–water partition coefficient (Wildman–Crippen LogP) is 2.76. The van der Waals surface area contributed by atoms with Crippen molar-refractivity contribution in [2.24, 2.45) is 0 Å². The van der Waals surface area contributed by atoms with Crippen molar-refractivity contribution in [2.75, 3.05) is 0 Å². The topological polar surface area (TPSA) is 110 Å². The van der Waals surface area contributed by atoms with Gasteiger partial charge in [0.05, 0.1) is 4.92 Å². The molecule has 0 saturated carbocycles. The number of non-ortho nitro benzene ring substituents is 1. The van der Waals surface area contributed by atoms with Crippen molar-refractivity contribution in [3.63, 3.8) is 0 Å². The summed E-state index contributed by atoms with van der Waals surface area (Å²) >= 11 is 0. The van der Waals surface area contributed by atoms with Gasteiger partial charge in [-0.15, -0.1) is 0 Å². The highest BCUT2D eigenvalue weighted by Crippen LogP contribution is 2.14. The smallest absolute Gasteiger partial charge is 0.352 e. The third kappa shape index (κ3) is 4.26. The second-order valence-electron chi connectivity index (χ2n) is 5.03. The van der Waals surface area contributed by atoms with E-state index in [1.54, 1.807) is 24.3 Å². The van der Waals surface area contributed by atoms with Crippen LogP contribution in [0.25, 0.3) is 6.08 Å². The molecule has 7 heteroatoms. The van der Waals surface area contributed by atoms with E-state index in [4.69, 9.17) is 0 Å². The van der Waals surface area contributed by atoms with E-state index < -0.39 is 16.8 Å². The highest BCUT2D eigenvalue weighted by Gasteiger charge is 2.13. The summed E-state index contributed by atoms with van der Waals surface area (Å²) in [5.74, 6) is -1.86. The summed E-state index contributed by atoms with van der Waals surface area (Å²) in [4.78, 5) is 33.5. The molecule has 0 fully saturated rings. The average Bonchev–Trinajstić information content (AvgIpc) is 2.55. The molecule has 2 aromatic carbocycles. The number of carbonyl (C=O) groups is 2. The minimum atomic E-state index is -1.31. The van der Waals surface area contributed by atoms with Crippen molar-refractivity contribution in [3.8, 4) is 0 Å². The molecule has 0 spiro atoms. The lowest BCUT2D eigenvalue weighted by atomic mass is 10.1. The molecule has 0 unspecified atom stereocenters. The molecule has 0 heterocycles. The van der Waals surface area contributed by atoms with Crippen LogP contribution in [0.15, 0.2) is 54.2 Å². The van der Waals surface area contributed by atoms with Gasteiger partial charge in [0.25, 0.3) is 11.6 Å². The van der Waals surface area contributed by atoms with Crippen LogP contribution in [0.2, 0.25) is 0 Å². The van der Waals surface area contributed by atoms with Gasteiger partial charge in [-0.1, -0.05) is 17.7 Å². The van der Waals surface area contributed by atoms with Gasteiger partial charge in [0.15, 0.2) is 0 Å². The summed E-state index contributed by atoms with van der Waals surface area (Å²) in [6, 6.07) is 12.0. The Labute approximate surface area is 137 Å². The van der Waals surface area contributed by atoms with E-state index in [9.17, 15) is 24.8 Å². The van der Waals surface area contributed by atoms with Gasteiger partial charge in [0, 0.05) is 17.7 Å². The summed E-state index contributed by atoms with van der Waals surface area (Å²) in [5, 5.41) is 22.2. The second kappa shape index (κ2) is 7.19. The molecule has 2 rings (SSSR count). The lowest BCUT2D eigenvalue weighted by Gasteiger charge is -2.06. The van der Waals surface area contributed by atoms with Crippen LogP contribution in [0.5, 0.6) is 0 Å². The number of carboxylic acids is 1. The number of rotatable bonds is 5. The number of nitro benzene ring substituents is 1. The number of carboxylic acid groups (broad SMARTS) is 1. The van der Waals surface area contributed by atoms with Gasteiger partial charge in [-0.05, 0) is 42.8 Å². The van der Waals surface area contributed by atoms with E-state index in [0.29, 0.717) is 11.1 Å². The van der Waals surface area contributed by atoms with Crippen LogP contribution >= 0.6 is 0 Å². The predicted molar refractivity (Wildman–Crippen MR) is 87.4 cm³/mol. The van der Waals surface area contributed by atoms with E-state index in [1.807, 2.05) is 6.92 Å². The van der Waals surface area contributed by atoms with Gasteiger partial charge >= 0.3 is 5.97 Å². The van der Waals surface area contributed by atoms with Crippen LogP contribution in [-0.2, 0) is 4.79 Å². The number of aryl methyl sites for hydroxylation is 1. The van der Waals surface area contributed by atoms with E-state index in [-0.39, 0.29) is 11.4 Å². The molecule has 7 nitrogen and oxygen atoms in total. The molecule has 0 saturated heterocycles. The zero-order valence-electron chi connectivity index (χ0n) is 12.7. The number of amides is 1. The number of nitro groups is 1. The van der Waals surface area contributed by atoms with Gasteiger partial charge in [0.2, 0.25) is 0 Å². The Bertz CT molecular complexity index is 808. The normalized spacial score (nSPS) is 11.0. The number of benzene rings is 2. The molecule has 2 aromatic rings. The van der Waals surface area contributed by atoms with Gasteiger partial charge in [-0.25, -0.2) is 4.79 Å². The van der Waals surface area contributed by atoms with Gasteiger partial charge in [-0.2, -0.15) is 0 Å². The molecule has 0 aromatic heterocycles. The molecule has 1 amide bonds. The first-order valence-corrected chi connectivity index (χ1v) is 6.94. The van der Waals surface area contributed by atoms with Gasteiger partial charge in [0.1, 0.15) is 5.70 Å². The van der Waals surface area contributed by atoms with E-state index in [0.717, 1.165) is 5.56 Å². The first-order valence-electron chi connectivity index (χ1n) is 6.94. The monoisotopic (exact) mass is 326 g/mol. The molecule has 2 N–H and O–H groups in total. The van der Waals surface area contributed by atoms with Crippen LogP contribution in [0.3, 0.4) is 0 Å². The summed E-state index contributed by atoms with van der Waals surface area (Å²) in [5.41, 5.74) is 1.30. The molecule has 122 valence electrons. The Hall–Kier alpha value is -3.48. The molecule has 0 aliphatic carbocycles. The summed E-state index contributed by atoms with van der Waals surface area (Å²) in [7, 11) is 0. The first-order chi connectivity index (χ1) is 11.4. The lowest BCUT2D eigenvalue weighted by Crippen LogP contribution is -2.27. The summed E-state index contributed by atoms with van der Waals surface area (Å²) in [6.07, 6.45) is 1.23. The maximum absolute atomic E-state index is 12.1. The fourth-order valence-corrected chi connectivity index (χ4v) is 1.91. The molecule has 0 atom stereocenters. The molecule has 0 radical (unpaired) electrons. The Morgan fingerprint density at radius 2 is 1.67 bits per heavy atom. The van der Waals surface area contributed by atoms with Crippen molar-refractivity contribution < 1.29 is 19.6 Å². The Morgan fingerprint density at radius 3 is 2.17 bits per heavy atom. The Balaban J connectivity index is 2.22. The zero-order chi connectivity index (χ0) is 17.7. The number of hydrogen-bond donors (Lipinski definition) is 2. The third-order valence-corrected chi connectivity index (χ3v) is 3.21. The second-order valence-corrected chi connectivity index (χ2v) is 5.03. The van der Waals surface area contributed by atoms with E-state index in [1.165, 1.54) is 30.3 Å². The number of nitrogens with zero attached hydrogens (tertiary/aromatic N) is 1. The third-order valence-electron chi connectivity index (χ3n) is 3.21. The van der Waals surface area contributed by atoms with Crippen molar-refractivity contribution in [2.45, 2.75) is 6.92 Å². The fraction of sp³-hybridized carbons (Fsp3) is 0.0588. The molecular weight excluding hydrogens is 312 g/mol. The Kier molecular flexibility index (Phi) is 5.06. The first kappa shape index (κ1) is 16.9. The maximum atomic E-state index is 12.1. The van der Waals surface area contributed by atoms with E-state index in [2.05, 4.69) is 5.32 Å². The average molecular weight is 326 g/mol. The van der Waals surface area contributed by atoms with Crippen LogP contribution in [0.4, 0.5) is 5.69 Å². The van der Waals surface area contributed by atoms with Gasteiger partial charge in [-0.3, -0.25) is 14.9 Å². The highest BCUT2D eigenvalue weighted by atomic mass is 16.6. The fourth-order valence-electron chi connectivity index (χ4n) is 1.91. The lowest BCUT2D eigenvalue weighted by molar-refractivity contribution is -0.384. The maximum Gasteiger partial charge on any atom is 0.352 e. The standard InChI is InChI=1S/C17H14N2O5/c1-11-2-6-13(7-3-11)16(20)18-15(17(21)22)10-12-4-8-14(9-5-12)19(23)24/h2-10H,1H3,(H,18,20)(H,21,22). The number of hydrogen-bond acceptors (Lipinski definition) is 4. The summed E-state index contributed by atoms with van der Waals surface area (Å²) in [6.45, 7) is 1.87. The highest BCUT2D eigenvalue weighted by molar-refractivity contribution is 6.02. The van der Waals surface area contributed by atoms with Crippen molar-refractivity contribution in [1.29, 1.82) is 0 Å². The van der Waals surface area contributed by atoms with E-state index >= 15 is 0 Å². The van der Waals surface area contributed by atoms with Crippen molar-refractivity contribution >= 4 is 23.6 Å². The number of nitrogens with one attached hydrogen (secondary N) is 1. The molecule has 0 bridgehead atoms. The zero-order valence-corrected chi connectivity index (χ0v) is 12.7. The SMILES string of the molecule is Cc1ccc(C(=O)NC(=Cc2ccc([N+](=O)[O-])cc2)C(=O)O)cc1. The van der Waals surface area contributed by atoms with Crippen LogP contribution in [0.1, 0.15) is 21.5 Å². The van der Waals surface area contributed by atoms with Gasteiger partial charge < -0.3 is 10.4 Å². The molecule has 0 aliphatic rings. The van der Waals surface area contributed by atoms with Crippen LogP contribution in [-0.4, -0.2) is 21.9 Å². The minimum Gasteiger partial charge on any atom is -0.477 e. The molecule has 0 aliphatic heterocycles. The molecular formula is C17H14N2O5. The van der Waals surface area contributed by atoms with Crippen LogP contribution < -0.4 is 5.32 Å². The van der Waals surface area contributed by atoms with Crippen LogP contribution in [0, 0.1) is 17.0 Å². The number of aliphatic carboxylic acids is 1. The van der Waals surface area contributed by atoms with Crippen molar-refractivity contribution in [1.82, 2.24) is 5.32 Å². The minimum absolute atomic E-state index is 0.104. The van der Waals surface area contributed by atoms with Crippen molar-refractivity contribution in [3.05, 3.63) is 81.0 Å². The summed E-state index contributed by atoms with van der Waals surface area (Å²) < 4.78 is 0. The number of carbonyl (C=O) groups excluding carboxylic acids is 1. The largest absolute Gasteiger partial charge is 0.477 e. The Morgan fingerprint density at radius 1 is 1.08 bits per heavy atom. The quantitative estimate of drug-likeness (QED) is 0.499.